The van der Waals surface area contributed by atoms with Crippen molar-refractivity contribution >= 4 is 137 Å². The zero-order chi connectivity index (χ0) is 2.00. The van der Waals surface area contributed by atoms with Gasteiger partial charge in [0.05, 0.1) is 0 Å². The molecule has 0 atom stereocenters. The van der Waals surface area contributed by atoms with Crippen LogP contribution in [0.15, 0.2) is 0 Å². The van der Waals surface area contributed by atoms with Crippen LogP contribution in [0.5, 0.6) is 0 Å². The first-order valence-electron chi connectivity index (χ1n) is 0.135. The molecule has 0 rings (SSSR count). The Kier molecular flexibility index (Phi) is 165. The summed E-state index contributed by atoms with van der Waals surface area (Å²) in [6.45, 7) is 0. The number of rotatable bonds is 0. The van der Waals surface area contributed by atoms with Crippen molar-refractivity contribution in [2.45, 2.75) is 0 Å². The van der Waals surface area contributed by atoms with E-state index in [4.69, 9.17) is 4.19 Å². The Labute approximate surface area is 152 Å². The number of hydrogen-bond acceptors (Lipinski definition) is 1. The first-order valence-corrected chi connectivity index (χ1v) is 0.556. The molecule has 0 aromatic heterocycles. The van der Waals surface area contributed by atoms with Crippen LogP contribution >= 0.6 is 0 Å². The van der Waals surface area contributed by atoms with Gasteiger partial charge >= 0.3 is 157 Å². The van der Waals surface area contributed by atoms with Crippen molar-refractivity contribution in [1.82, 2.24) is 0 Å². The van der Waals surface area contributed by atoms with Crippen molar-refractivity contribution in [3.8, 4) is 0 Å². The molecule has 2 radical (unpaired) electrons. The zero-order valence-corrected chi connectivity index (χ0v) is 14.1. The quantitative estimate of drug-likeness (QED) is 0.267. The number of hydrogen-bond donors (Lipinski definition) is 1. The summed E-state index contributed by atoms with van der Waals surface area (Å²) in [5.74, 6) is 0. The van der Waals surface area contributed by atoms with E-state index in [0.29, 0.717) is 0 Å². The molecular weight excluding hydrogens is 623 g/mol. The fourth-order valence-corrected chi connectivity index (χ4v) is 0. The average Bonchev–Trinajstić information content (AvgIpc) is 1.00. The molecule has 0 aliphatic heterocycles. The van der Waals surface area contributed by atoms with Gasteiger partial charge in [0.25, 0.3) is 0 Å². The van der Waals surface area contributed by atoms with E-state index in [9.17, 15) is 0 Å². The topological polar surface area (TPSA) is 20.2 Å². The molecule has 0 aliphatic carbocycles. The Hall–Kier alpha value is 5.02. The SMILES string of the molecule is [BiH3].[CaH2].[OH][Cu].[PbH2].[SrH2]. The molecule has 6 heavy (non-hydrogen) atoms. The summed E-state index contributed by atoms with van der Waals surface area (Å²) < 4.78 is 6.56. The Bertz CT molecular complexity index is 15.5. The van der Waals surface area contributed by atoms with E-state index in [1.165, 1.54) is 0 Å². The van der Waals surface area contributed by atoms with Crippen molar-refractivity contribution in [3.05, 3.63) is 0 Å². The third-order valence-electron chi connectivity index (χ3n) is 0. The van der Waals surface area contributed by atoms with E-state index in [0.717, 1.165) is 0 Å². The third kappa shape index (κ3) is 23.0. The van der Waals surface area contributed by atoms with Gasteiger partial charge in [0.15, 0.2) is 0 Å². The van der Waals surface area contributed by atoms with Gasteiger partial charge in [-0.2, -0.15) is 0 Å². The van der Waals surface area contributed by atoms with Crippen LogP contribution < -0.4 is 0 Å². The van der Waals surface area contributed by atoms with Gasteiger partial charge in [-0.3, -0.25) is 0 Å². The van der Waals surface area contributed by atoms with Gasteiger partial charge in [0.1, 0.15) is 0 Å². The van der Waals surface area contributed by atoms with E-state index in [1.807, 2.05) is 0 Å². The Balaban J connectivity index is -0.000000000833. The molecule has 1 nitrogen and oxygen atoms in total. The normalized spacial score (nSPS) is 1.17. The summed E-state index contributed by atoms with van der Waals surface area (Å²) in [6.07, 6.45) is 0. The molecule has 0 amide bonds. The molecule has 0 aromatic rings. The van der Waals surface area contributed by atoms with Gasteiger partial charge in [-0.1, -0.05) is 0 Å². The van der Waals surface area contributed by atoms with E-state index in [-0.39, 0.29) is 137 Å². The average molecular weight is 634 g/mol. The zero-order valence-electron chi connectivity index (χ0n) is 2.16. The van der Waals surface area contributed by atoms with E-state index < -0.39 is 0 Å². The van der Waals surface area contributed by atoms with E-state index in [2.05, 4.69) is 16.3 Å². The maximum absolute atomic E-state index is 6.56. The van der Waals surface area contributed by atoms with Gasteiger partial charge in [0, 0.05) is 0 Å². The van der Waals surface area contributed by atoms with Gasteiger partial charge in [-0.05, 0) is 0 Å². The van der Waals surface area contributed by atoms with Crippen LogP contribution in [-0.2, 0) is 16.3 Å². The van der Waals surface area contributed by atoms with Crippen LogP contribution in [-0.4, -0.2) is 141 Å². The van der Waals surface area contributed by atoms with E-state index in [1.54, 1.807) is 0 Å². The van der Waals surface area contributed by atoms with Crippen LogP contribution in [0.2, 0.25) is 0 Å². The molecular formula is H10BiCaCuOPbSr. The first-order chi connectivity index (χ1) is 1.00. The van der Waals surface area contributed by atoms with E-state index >= 15 is 0 Å². The molecule has 0 saturated heterocycles. The second-order valence-corrected chi connectivity index (χ2v) is 0. The van der Waals surface area contributed by atoms with Crippen LogP contribution in [0.25, 0.3) is 0 Å². The van der Waals surface area contributed by atoms with Gasteiger partial charge in [-0.25, -0.2) is 0 Å². The fourth-order valence-electron chi connectivity index (χ4n) is 0. The minimum absolute atomic E-state index is 0. The van der Waals surface area contributed by atoms with Crippen LogP contribution in [0, 0.1) is 0 Å². The molecule has 0 saturated carbocycles. The van der Waals surface area contributed by atoms with Crippen molar-refractivity contribution < 1.29 is 20.5 Å². The van der Waals surface area contributed by atoms with Crippen molar-refractivity contribution in [2.75, 3.05) is 0 Å². The first kappa shape index (κ1) is 30.5. The van der Waals surface area contributed by atoms with Crippen molar-refractivity contribution in [1.29, 1.82) is 0 Å². The predicted octanol–water partition coefficient (Wildman–Crippen LogP) is -4.49. The standard InChI is InChI=1S/Bi.Ca.Cu.H2O.Pb.Sr.9H/h;;;1H2;;;;;;;;;;;/q;;+1;;;;;;;;;;;;/p-1. The Morgan fingerprint density at radius 3 is 1.17 bits per heavy atom. The summed E-state index contributed by atoms with van der Waals surface area (Å²) in [5.41, 5.74) is 0. The van der Waals surface area contributed by atoms with Crippen molar-refractivity contribution in [3.63, 3.8) is 0 Å². The van der Waals surface area contributed by atoms with Crippen LogP contribution in [0.4, 0.5) is 0 Å². The van der Waals surface area contributed by atoms with Gasteiger partial charge in [0.2, 0.25) is 0 Å². The predicted molar refractivity (Wildman–Crippen MR) is 37.8 cm³/mol. The summed E-state index contributed by atoms with van der Waals surface area (Å²) in [6, 6.07) is 0. The molecule has 0 spiro atoms. The van der Waals surface area contributed by atoms with Gasteiger partial charge in [-0.15, -0.1) is 0 Å². The van der Waals surface area contributed by atoms with Crippen LogP contribution in [0.3, 0.4) is 0 Å². The molecule has 40 valence electrons. The second-order valence-electron chi connectivity index (χ2n) is 0. The molecule has 0 heterocycles. The second kappa shape index (κ2) is 32.3. The monoisotopic (exact) mass is 634 g/mol. The molecule has 0 aromatic carbocycles. The molecule has 0 aliphatic rings. The van der Waals surface area contributed by atoms with Crippen molar-refractivity contribution in [2.24, 2.45) is 0 Å². The third-order valence-corrected chi connectivity index (χ3v) is 0. The van der Waals surface area contributed by atoms with Crippen LogP contribution in [0.1, 0.15) is 0 Å². The fraction of sp³-hybridized carbons (Fsp3) is 0. The van der Waals surface area contributed by atoms with Gasteiger partial charge < -0.3 is 0 Å². The molecule has 0 unspecified atom stereocenters. The molecule has 6 heteroatoms. The molecule has 0 fully saturated rings. The summed E-state index contributed by atoms with van der Waals surface area (Å²) in [7, 11) is 0. The summed E-state index contributed by atoms with van der Waals surface area (Å²) in [5, 5.41) is 0. The maximum atomic E-state index is 6.56. The minimum atomic E-state index is 0. The Morgan fingerprint density at radius 1 is 1.17 bits per heavy atom. The molecule has 0 bridgehead atoms. The molecule has 1 N–H and O–H groups in total. The Morgan fingerprint density at radius 2 is 1.17 bits per heavy atom. The summed E-state index contributed by atoms with van der Waals surface area (Å²) in [4.78, 5) is 0. The summed E-state index contributed by atoms with van der Waals surface area (Å²) >= 11 is 3.19.